The number of ether oxygens (including phenoxy) is 1. The molecular weight excluding hydrogens is 372 g/mol. The summed E-state index contributed by atoms with van der Waals surface area (Å²) in [6.07, 6.45) is 10.8. The van der Waals surface area contributed by atoms with Gasteiger partial charge in [0, 0.05) is 24.6 Å². The highest BCUT2D eigenvalue weighted by atomic mass is 35.5. The molecule has 3 saturated carbocycles. The predicted octanol–water partition coefficient (Wildman–Crippen LogP) is 5.69. The fraction of sp³-hybridized carbons (Fsp3) is 0.833. The first-order valence-electron chi connectivity index (χ1n) is 11.2. The molecule has 0 radical (unpaired) electrons. The van der Waals surface area contributed by atoms with Crippen LogP contribution in [-0.4, -0.2) is 23.2 Å². The molecule has 8 atom stereocenters. The average molecular weight is 407 g/mol. The lowest BCUT2D eigenvalue weighted by molar-refractivity contribution is -0.150. The first kappa shape index (κ1) is 20.4. The van der Waals surface area contributed by atoms with E-state index < -0.39 is 0 Å². The average Bonchev–Trinajstić information content (AvgIpc) is 2.61. The highest BCUT2D eigenvalue weighted by Crippen LogP contribution is 2.65. The number of hydrogen-bond acceptors (Lipinski definition) is 3. The second-order valence-corrected chi connectivity index (χ2v) is 11.1. The Labute approximate surface area is 174 Å². The molecule has 156 valence electrons. The van der Waals surface area contributed by atoms with E-state index in [1.54, 1.807) is 6.92 Å². The Morgan fingerprint density at radius 3 is 2.54 bits per heavy atom. The third-order valence-electron chi connectivity index (χ3n) is 9.12. The molecule has 0 amide bonds. The number of rotatable bonds is 2. The highest BCUT2D eigenvalue weighted by Gasteiger charge is 2.59. The number of ketones is 1. The Morgan fingerprint density at radius 2 is 1.86 bits per heavy atom. The van der Waals surface area contributed by atoms with Crippen molar-refractivity contribution < 1.29 is 14.3 Å². The zero-order valence-corrected chi connectivity index (χ0v) is 18.6. The molecule has 3 nitrogen and oxygen atoms in total. The van der Waals surface area contributed by atoms with Gasteiger partial charge in [-0.2, -0.15) is 0 Å². The molecule has 0 aliphatic heterocycles. The van der Waals surface area contributed by atoms with E-state index >= 15 is 0 Å². The van der Waals surface area contributed by atoms with Crippen LogP contribution in [0, 0.1) is 34.5 Å². The molecule has 28 heavy (non-hydrogen) atoms. The zero-order valence-electron chi connectivity index (χ0n) is 17.8. The summed E-state index contributed by atoms with van der Waals surface area (Å²) in [5, 5.41) is 0.128. The first-order chi connectivity index (χ1) is 13.1. The Kier molecular flexibility index (Phi) is 5.22. The van der Waals surface area contributed by atoms with Gasteiger partial charge in [-0.3, -0.25) is 9.59 Å². The lowest BCUT2D eigenvalue weighted by atomic mass is 9.43. The van der Waals surface area contributed by atoms with E-state index in [2.05, 4.69) is 19.9 Å². The number of alkyl halides is 1. The topological polar surface area (TPSA) is 43.4 Å². The molecular formula is C24H35ClO3. The van der Waals surface area contributed by atoms with Crippen molar-refractivity contribution in [2.45, 2.75) is 90.5 Å². The van der Waals surface area contributed by atoms with Crippen LogP contribution in [0.5, 0.6) is 0 Å². The van der Waals surface area contributed by atoms with E-state index in [9.17, 15) is 9.59 Å². The second-order valence-electron chi connectivity index (χ2n) is 10.5. The number of allylic oxidation sites excluding steroid dienone is 1. The predicted molar refractivity (Wildman–Crippen MR) is 111 cm³/mol. The minimum Gasteiger partial charge on any atom is -0.462 e. The number of Topliss-reactive ketones (excluding diaryl/α,β-unsaturated/α-hetero) is 1. The Morgan fingerprint density at radius 1 is 1.11 bits per heavy atom. The standard InChI is InChI=1S/C24H35ClO3/c1-14(26)21-12-17(25)13-22-19-6-5-16-11-18(28-15(2)27)7-9-23(16,3)20(19)8-10-24(21,22)4/h5,17-22H,6-13H2,1-4H3/t17-,18-,19?,20?,21+,22?,23-,24+/m0/s1. The van der Waals surface area contributed by atoms with Crippen molar-refractivity contribution in [3.63, 3.8) is 0 Å². The van der Waals surface area contributed by atoms with E-state index in [0.717, 1.165) is 44.9 Å². The lowest BCUT2D eigenvalue weighted by Crippen LogP contribution is -2.56. The number of halogens is 1. The molecule has 0 aromatic rings. The largest absolute Gasteiger partial charge is 0.462 e. The van der Waals surface area contributed by atoms with Gasteiger partial charge in [0.1, 0.15) is 11.9 Å². The fourth-order valence-corrected chi connectivity index (χ4v) is 8.08. The minimum atomic E-state index is -0.165. The normalized spacial score (nSPS) is 47.8. The summed E-state index contributed by atoms with van der Waals surface area (Å²) >= 11 is 6.69. The van der Waals surface area contributed by atoms with Gasteiger partial charge in [0.25, 0.3) is 0 Å². The molecule has 0 aromatic carbocycles. The summed E-state index contributed by atoms with van der Waals surface area (Å²) < 4.78 is 5.54. The number of carbonyl (C=O) groups excluding carboxylic acids is 2. The molecule has 0 saturated heterocycles. The minimum absolute atomic E-state index is 0.0474. The lowest BCUT2D eigenvalue weighted by Gasteiger charge is -2.62. The molecule has 0 spiro atoms. The van der Waals surface area contributed by atoms with Crippen LogP contribution in [0.15, 0.2) is 11.6 Å². The first-order valence-corrected chi connectivity index (χ1v) is 11.6. The van der Waals surface area contributed by atoms with Gasteiger partial charge < -0.3 is 4.74 Å². The molecule has 4 rings (SSSR count). The van der Waals surface area contributed by atoms with Crippen LogP contribution in [0.25, 0.3) is 0 Å². The Bertz CT molecular complexity index is 700. The molecule has 0 aromatic heterocycles. The van der Waals surface area contributed by atoms with Crippen LogP contribution < -0.4 is 0 Å². The maximum absolute atomic E-state index is 12.5. The van der Waals surface area contributed by atoms with E-state index in [-0.39, 0.29) is 34.2 Å². The van der Waals surface area contributed by atoms with Crippen LogP contribution >= 0.6 is 11.6 Å². The third kappa shape index (κ3) is 3.16. The Hall–Kier alpha value is -0.830. The van der Waals surface area contributed by atoms with E-state index in [1.807, 2.05) is 0 Å². The molecule has 0 N–H and O–H groups in total. The van der Waals surface area contributed by atoms with Crippen LogP contribution in [0.3, 0.4) is 0 Å². The van der Waals surface area contributed by atoms with Gasteiger partial charge in [-0.05, 0) is 80.5 Å². The van der Waals surface area contributed by atoms with E-state index in [1.165, 1.54) is 18.9 Å². The van der Waals surface area contributed by atoms with Crippen molar-refractivity contribution in [1.29, 1.82) is 0 Å². The molecule has 0 heterocycles. The van der Waals surface area contributed by atoms with Gasteiger partial charge in [0.15, 0.2) is 0 Å². The van der Waals surface area contributed by atoms with Crippen molar-refractivity contribution in [2.24, 2.45) is 34.5 Å². The second kappa shape index (κ2) is 7.15. The van der Waals surface area contributed by atoms with E-state index in [0.29, 0.717) is 23.5 Å². The third-order valence-corrected chi connectivity index (χ3v) is 9.47. The monoisotopic (exact) mass is 406 g/mol. The van der Waals surface area contributed by atoms with Gasteiger partial charge >= 0.3 is 5.97 Å². The summed E-state index contributed by atoms with van der Waals surface area (Å²) in [6, 6.07) is 0. The Balaban J connectivity index is 1.62. The molecule has 4 aliphatic rings. The van der Waals surface area contributed by atoms with Crippen molar-refractivity contribution in [3.05, 3.63) is 11.6 Å². The SMILES string of the molecule is CC(=O)O[C@H]1CC[C@@]2(C)C(=CCC3C2CC[C@@]2(C)C3C[C@@H](Cl)C[C@@H]2C(C)=O)C1. The van der Waals surface area contributed by atoms with Gasteiger partial charge in [-0.15, -0.1) is 11.6 Å². The molecule has 3 fully saturated rings. The van der Waals surface area contributed by atoms with Crippen molar-refractivity contribution in [1.82, 2.24) is 0 Å². The van der Waals surface area contributed by atoms with Gasteiger partial charge in [-0.25, -0.2) is 0 Å². The van der Waals surface area contributed by atoms with Crippen LogP contribution in [0.2, 0.25) is 0 Å². The van der Waals surface area contributed by atoms with Crippen molar-refractivity contribution in [3.8, 4) is 0 Å². The maximum atomic E-state index is 12.5. The smallest absolute Gasteiger partial charge is 0.302 e. The summed E-state index contributed by atoms with van der Waals surface area (Å²) in [4.78, 5) is 23.9. The molecule has 4 heteroatoms. The highest BCUT2D eigenvalue weighted by molar-refractivity contribution is 6.20. The van der Waals surface area contributed by atoms with Gasteiger partial charge in [0.2, 0.25) is 0 Å². The summed E-state index contributed by atoms with van der Waals surface area (Å²) in [5.41, 5.74) is 1.83. The number of esters is 1. The number of fused-ring (bicyclic) bond motifs is 5. The van der Waals surface area contributed by atoms with E-state index in [4.69, 9.17) is 16.3 Å². The summed E-state index contributed by atoms with van der Waals surface area (Å²) in [5.74, 6) is 2.11. The van der Waals surface area contributed by atoms with Gasteiger partial charge in [0.05, 0.1) is 0 Å². The number of hydrogen-bond donors (Lipinski definition) is 0. The summed E-state index contributed by atoms with van der Waals surface area (Å²) in [6.45, 7) is 8.11. The zero-order chi connectivity index (χ0) is 20.3. The van der Waals surface area contributed by atoms with Crippen LogP contribution in [-0.2, 0) is 14.3 Å². The molecule has 4 aliphatic carbocycles. The van der Waals surface area contributed by atoms with Gasteiger partial charge in [-0.1, -0.05) is 25.5 Å². The quantitative estimate of drug-likeness (QED) is 0.336. The summed E-state index contributed by atoms with van der Waals surface area (Å²) in [7, 11) is 0. The molecule has 3 unspecified atom stereocenters. The van der Waals surface area contributed by atoms with Crippen LogP contribution in [0.4, 0.5) is 0 Å². The van der Waals surface area contributed by atoms with Crippen molar-refractivity contribution in [2.75, 3.05) is 0 Å². The molecule has 0 bridgehead atoms. The number of carbonyl (C=O) groups is 2. The fourth-order valence-electron chi connectivity index (χ4n) is 7.71. The van der Waals surface area contributed by atoms with Crippen LogP contribution in [0.1, 0.15) is 79.1 Å². The van der Waals surface area contributed by atoms with Crippen molar-refractivity contribution >= 4 is 23.4 Å². The maximum Gasteiger partial charge on any atom is 0.302 e.